The van der Waals surface area contributed by atoms with E-state index < -0.39 is 28.5 Å². The third-order valence-electron chi connectivity index (χ3n) is 6.75. The van der Waals surface area contributed by atoms with Crippen LogP contribution in [0, 0.1) is 13.8 Å². The predicted molar refractivity (Wildman–Crippen MR) is 157 cm³/mol. The van der Waals surface area contributed by atoms with Gasteiger partial charge in [-0.2, -0.15) is 0 Å². The molecule has 8 heteroatoms. The molecular formula is C31H39N3O4S. The monoisotopic (exact) mass is 549 g/mol. The van der Waals surface area contributed by atoms with E-state index in [9.17, 15) is 18.0 Å². The van der Waals surface area contributed by atoms with Crippen molar-refractivity contribution < 1.29 is 18.0 Å². The maximum Gasteiger partial charge on any atom is 0.244 e. The van der Waals surface area contributed by atoms with E-state index in [1.165, 1.54) is 4.90 Å². The van der Waals surface area contributed by atoms with Crippen molar-refractivity contribution in [3.05, 3.63) is 101 Å². The highest BCUT2D eigenvalue weighted by Crippen LogP contribution is 2.23. The van der Waals surface area contributed by atoms with Crippen LogP contribution in [0.3, 0.4) is 0 Å². The number of rotatable bonds is 13. The fraction of sp³-hybridized carbons (Fsp3) is 0.355. The third kappa shape index (κ3) is 8.68. The molecule has 0 saturated carbocycles. The highest BCUT2D eigenvalue weighted by Gasteiger charge is 2.33. The van der Waals surface area contributed by atoms with Crippen molar-refractivity contribution in [1.82, 2.24) is 10.2 Å². The number of nitrogens with one attached hydrogen (secondary N) is 1. The number of hydrogen-bond donors (Lipinski definition) is 1. The standard InChI is InChI=1S/C31H39N3O4S/c1-5-6-19-32-31(36)29(21-26-13-9-7-10-14-26)33(22-27-15-11-8-12-16-27)30(35)23-34(39(4,37)38)28-18-17-24(2)25(3)20-28/h7-18,20,29H,5-6,19,21-23H2,1-4H3,(H,32,36)/t29-/m1/s1. The lowest BCUT2D eigenvalue weighted by molar-refractivity contribution is -0.140. The quantitative estimate of drug-likeness (QED) is 0.315. The average molecular weight is 550 g/mol. The molecule has 0 unspecified atom stereocenters. The van der Waals surface area contributed by atoms with Crippen molar-refractivity contribution in [3.63, 3.8) is 0 Å². The lowest BCUT2D eigenvalue weighted by Crippen LogP contribution is -2.53. The van der Waals surface area contributed by atoms with Gasteiger partial charge in [-0.05, 0) is 54.7 Å². The first kappa shape index (κ1) is 29.9. The first-order valence-electron chi connectivity index (χ1n) is 13.3. The Bertz CT molecular complexity index is 1340. The number of amides is 2. The SMILES string of the molecule is CCCCNC(=O)[C@@H](Cc1ccccc1)N(Cc1ccccc1)C(=O)CN(c1ccc(C)c(C)c1)S(C)(=O)=O. The van der Waals surface area contributed by atoms with Gasteiger partial charge in [-0.1, -0.05) is 80.1 Å². The van der Waals surface area contributed by atoms with Crippen molar-refractivity contribution in [2.45, 2.75) is 52.6 Å². The Morgan fingerprint density at radius 2 is 1.49 bits per heavy atom. The molecule has 0 aromatic heterocycles. The summed E-state index contributed by atoms with van der Waals surface area (Å²) in [4.78, 5) is 29.1. The summed E-state index contributed by atoms with van der Waals surface area (Å²) in [7, 11) is -3.79. The Hall–Kier alpha value is -3.65. The summed E-state index contributed by atoms with van der Waals surface area (Å²) in [6.07, 6.45) is 3.15. The van der Waals surface area contributed by atoms with Gasteiger partial charge in [-0.15, -0.1) is 0 Å². The van der Waals surface area contributed by atoms with Crippen LogP contribution >= 0.6 is 0 Å². The molecule has 0 fully saturated rings. The minimum Gasteiger partial charge on any atom is -0.354 e. The van der Waals surface area contributed by atoms with Crippen LogP contribution in [-0.4, -0.2) is 50.5 Å². The van der Waals surface area contributed by atoms with E-state index in [0.29, 0.717) is 18.7 Å². The first-order chi connectivity index (χ1) is 18.6. The van der Waals surface area contributed by atoms with E-state index in [-0.39, 0.29) is 12.5 Å². The van der Waals surface area contributed by atoms with Crippen LogP contribution in [0.15, 0.2) is 78.9 Å². The number of carbonyl (C=O) groups is 2. The lowest BCUT2D eigenvalue weighted by Gasteiger charge is -2.33. The number of unbranched alkanes of at least 4 members (excludes halogenated alkanes) is 1. The van der Waals surface area contributed by atoms with Gasteiger partial charge in [-0.3, -0.25) is 13.9 Å². The van der Waals surface area contributed by atoms with Crippen molar-refractivity contribution in [3.8, 4) is 0 Å². The Morgan fingerprint density at radius 3 is 2.05 bits per heavy atom. The Morgan fingerprint density at radius 1 is 0.872 bits per heavy atom. The van der Waals surface area contributed by atoms with Crippen molar-refractivity contribution in [2.75, 3.05) is 23.7 Å². The molecule has 1 atom stereocenters. The van der Waals surface area contributed by atoms with E-state index in [2.05, 4.69) is 5.32 Å². The molecular weight excluding hydrogens is 510 g/mol. The molecule has 3 aromatic carbocycles. The second-order valence-corrected chi connectivity index (χ2v) is 11.8. The first-order valence-corrected chi connectivity index (χ1v) is 15.1. The van der Waals surface area contributed by atoms with E-state index in [4.69, 9.17) is 0 Å². The minimum absolute atomic E-state index is 0.170. The molecule has 0 bridgehead atoms. The van der Waals surface area contributed by atoms with Gasteiger partial charge in [0.15, 0.2) is 0 Å². The van der Waals surface area contributed by atoms with Gasteiger partial charge in [-0.25, -0.2) is 8.42 Å². The largest absolute Gasteiger partial charge is 0.354 e. The molecule has 0 saturated heterocycles. The zero-order valence-electron chi connectivity index (χ0n) is 23.3. The number of sulfonamides is 1. The minimum atomic E-state index is -3.79. The van der Waals surface area contributed by atoms with E-state index in [1.807, 2.05) is 87.5 Å². The van der Waals surface area contributed by atoms with E-state index in [1.54, 1.807) is 12.1 Å². The molecule has 7 nitrogen and oxygen atoms in total. The highest BCUT2D eigenvalue weighted by molar-refractivity contribution is 7.92. The lowest BCUT2D eigenvalue weighted by atomic mass is 10.0. The van der Waals surface area contributed by atoms with Gasteiger partial charge in [0.05, 0.1) is 11.9 Å². The normalized spacial score (nSPS) is 12.0. The van der Waals surface area contributed by atoms with E-state index in [0.717, 1.165) is 45.7 Å². The van der Waals surface area contributed by atoms with Crippen LogP contribution in [0.4, 0.5) is 5.69 Å². The molecule has 0 aliphatic carbocycles. The zero-order valence-corrected chi connectivity index (χ0v) is 24.1. The fourth-order valence-electron chi connectivity index (χ4n) is 4.33. The molecule has 0 aliphatic heterocycles. The number of carbonyl (C=O) groups excluding carboxylic acids is 2. The van der Waals surface area contributed by atoms with Gasteiger partial charge in [0.1, 0.15) is 12.6 Å². The smallest absolute Gasteiger partial charge is 0.244 e. The van der Waals surface area contributed by atoms with Gasteiger partial charge < -0.3 is 10.2 Å². The third-order valence-corrected chi connectivity index (χ3v) is 7.89. The number of benzene rings is 3. The molecule has 208 valence electrons. The molecule has 0 radical (unpaired) electrons. The van der Waals surface area contributed by atoms with Gasteiger partial charge in [0, 0.05) is 19.5 Å². The molecule has 0 spiro atoms. The van der Waals surface area contributed by atoms with Gasteiger partial charge >= 0.3 is 0 Å². The fourth-order valence-corrected chi connectivity index (χ4v) is 5.18. The number of hydrogen-bond acceptors (Lipinski definition) is 4. The highest BCUT2D eigenvalue weighted by atomic mass is 32.2. The summed E-state index contributed by atoms with van der Waals surface area (Å²) >= 11 is 0. The number of nitrogens with zero attached hydrogens (tertiary/aromatic N) is 2. The number of anilines is 1. The van der Waals surface area contributed by atoms with Crippen LogP contribution < -0.4 is 9.62 Å². The second-order valence-electron chi connectivity index (χ2n) is 9.90. The summed E-state index contributed by atoms with van der Waals surface area (Å²) in [5.41, 5.74) is 4.12. The van der Waals surface area contributed by atoms with Crippen LogP contribution in [0.5, 0.6) is 0 Å². The summed E-state index contributed by atoms with van der Waals surface area (Å²) < 4.78 is 26.9. The second kappa shape index (κ2) is 13.9. The summed E-state index contributed by atoms with van der Waals surface area (Å²) in [5.74, 6) is -0.706. The van der Waals surface area contributed by atoms with Crippen LogP contribution in [0.1, 0.15) is 42.0 Å². The molecule has 3 rings (SSSR count). The summed E-state index contributed by atoms with van der Waals surface area (Å²) in [5, 5.41) is 2.99. The molecule has 39 heavy (non-hydrogen) atoms. The zero-order chi connectivity index (χ0) is 28.4. The molecule has 3 aromatic rings. The Balaban J connectivity index is 2.02. The van der Waals surface area contributed by atoms with Crippen LogP contribution in [0.25, 0.3) is 0 Å². The van der Waals surface area contributed by atoms with Crippen LogP contribution in [-0.2, 0) is 32.6 Å². The average Bonchev–Trinajstić information content (AvgIpc) is 2.91. The Kier molecular flexibility index (Phi) is 10.7. The van der Waals surface area contributed by atoms with Crippen molar-refractivity contribution in [1.29, 1.82) is 0 Å². The Labute approximate surface area is 232 Å². The van der Waals surface area contributed by atoms with Gasteiger partial charge in [0.2, 0.25) is 21.8 Å². The maximum absolute atomic E-state index is 14.0. The molecule has 0 aliphatic rings. The summed E-state index contributed by atoms with van der Waals surface area (Å²) in [6, 6.07) is 23.5. The maximum atomic E-state index is 14.0. The predicted octanol–water partition coefficient (Wildman–Crippen LogP) is 4.63. The van der Waals surface area contributed by atoms with Gasteiger partial charge in [0.25, 0.3) is 0 Å². The van der Waals surface area contributed by atoms with Crippen molar-refractivity contribution in [2.24, 2.45) is 0 Å². The molecule has 2 amide bonds. The summed E-state index contributed by atoms with van der Waals surface area (Å²) in [6.45, 7) is 6.16. The van der Waals surface area contributed by atoms with E-state index >= 15 is 0 Å². The van der Waals surface area contributed by atoms with Crippen molar-refractivity contribution >= 4 is 27.5 Å². The van der Waals surface area contributed by atoms with Crippen LogP contribution in [0.2, 0.25) is 0 Å². The topological polar surface area (TPSA) is 86.8 Å². The molecule has 1 N–H and O–H groups in total. The number of aryl methyl sites for hydroxylation is 2. The molecule has 0 heterocycles.